The fraction of sp³-hybridized carbons (Fsp3) is 0.306. The molecule has 0 bridgehead atoms. The van der Waals surface area contributed by atoms with Gasteiger partial charge in [0.2, 0.25) is 5.91 Å². The summed E-state index contributed by atoms with van der Waals surface area (Å²) in [4.78, 5) is 32.3. The zero-order chi connectivity index (χ0) is 31.5. The van der Waals surface area contributed by atoms with Crippen molar-refractivity contribution in [2.45, 2.75) is 27.7 Å². The number of amides is 1. The molecule has 2 aromatic carbocycles. The van der Waals surface area contributed by atoms with Gasteiger partial charge >= 0.3 is 0 Å². The third kappa shape index (κ3) is 5.77. The molecule has 0 atom stereocenters. The van der Waals surface area contributed by atoms with Crippen LogP contribution in [0.25, 0.3) is 39.0 Å². The molecule has 1 aliphatic rings. The van der Waals surface area contributed by atoms with Crippen LogP contribution in [-0.4, -0.2) is 73.8 Å². The van der Waals surface area contributed by atoms with Crippen molar-refractivity contribution in [2.75, 3.05) is 57.1 Å². The molecule has 228 valence electrons. The largest absolute Gasteiger partial charge is 0.404 e. The van der Waals surface area contributed by atoms with Gasteiger partial charge in [0.15, 0.2) is 0 Å². The standard InChI is InChI=1S/C36H43N7O/c1-8-9-32(44)42(7)31-20-27(11-10-23(31)2)34-33-24(3)30(29(21-37)25(4)38-5)22-39-36(33)40-35(34)26-12-14-28(15-13-26)43-18-16-41(6)17-19-43/h8-15,20-22H,16-19,37H2,1-7H3,(H,39,40)/b9-8+,29-21+,38-25?. The van der Waals surface area contributed by atoms with Crippen molar-refractivity contribution in [3.8, 4) is 22.4 Å². The number of aliphatic imine (C=N–C) groups is 1. The molecule has 0 saturated carbocycles. The lowest BCUT2D eigenvalue weighted by Crippen LogP contribution is -2.44. The lowest BCUT2D eigenvalue weighted by molar-refractivity contribution is -0.113. The van der Waals surface area contributed by atoms with Crippen LogP contribution < -0.4 is 15.5 Å². The van der Waals surface area contributed by atoms with Gasteiger partial charge < -0.3 is 25.4 Å². The van der Waals surface area contributed by atoms with Gasteiger partial charge in [0.1, 0.15) is 5.65 Å². The Balaban J connectivity index is 1.72. The number of carbonyl (C=O) groups is 1. The van der Waals surface area contributed by atoms with E-state index in [2.05, 4.69) is 76.2 Å². The summed E-state index contributed by atoms with van der Waals surface area (Å²) in [6, 6.07) is 15.1. The van der Waals surface area contributed by atoms with Crippen molar-refractivity contribution >= 4 is 39.6 Å². The summed E-state index contributed by atoms with van der Waals surface area (Å²) in [5.74, 6) is -0.0708. The monoisotopic (exact) mass is 589 g/mol. The van der Waals surface area contributed by atoms with Crippen LogP contribution >= 0.6 is 0 Å². The summed E-state index contributed by atoms with van der Waals surface area (Å²) in [6.07, 6.45) is 6.83. The number of nitrogens with zero attached hydrogens (tertiary/aromatic N) is 5. The molecular formula is C36H43N7O. The van der Waals surface area contributed by atoms with Crippen molar-refractivity contribution in [1.82, 2.24) is 14.9 Å². The predicted octanol–water partition coefficient (Wildman–Crippen LogP) is 6.19. The van der Waals surface area contributed by atoms with Crippen molar-refractivity contribution in [1.29, 1.82) is 0 Å². The lowest BCUT2D eigenvalue weighted by atomic mass is 9.92. The van der Waals surface area contributed by atoms with Gasteiger partial charge in [-0.25, -0.2) is 4.98 Å². The minimum atomic E-state index is -0.0708. The average molecular weight is 590 g/mol. The summed E-state index contributed by atoms with van der Waals surface area (Å²) in [6.45, 7) is 12.1. The van der Waals surface area contributed by atoms with Crippen LogP contribution in [0.2, 0.25) is 0 Å². The molecule has 0 radical (unpaired) electrons. The van der Waals surface area contributed by atoms with E-state index >= 15 is 0 Å². The molecule has 1 amide bonds. The van der Waals surface area contributed by atoms with Crippen LogP contribution in [-0.2, 0) is 4.79 Å². The van der Waals surface area contributed by atoms with Gasteiger partial charge in [-0.1, -0.05) is 30.3 Å². The van der Waals surface area contributed by atoms with E-state index in [-0.39, 0.29) is 5.91 Å². The Bertz CT molecular complexity index is 1770. The first-order valence-electron chi connectivity index (χ1n) is 15.1. The smallest absolute Gasteiger partial charge is 0.250 e. The van der Waals surface area contributed by atoms with Crippen LogP contribution in [0.1, 0.15) is 30.5 Å². The van der Waals surface area contributed by atoms with Crippen molar-refractivity contribution < 1.29 is 4.79 Å². The first-order valence-corrected chi connectivity index (χ1v) is 15.1. The quantitative estimate of drug-likeness (QED) is 0.198. The molecule has 1 saturated heterocycles. The molecule has 8 nitrogen and oxygen atoms in total. The SMILES string of the molecule is C/C=C/C(=O)N(C)c1cc(-c2c(-c3ccc(N4CCN(C)CC4)cc3)[nH]c3ncc(/C(=C/N)C(C)=NC)c(C)c23)ccc1C. The lowest BCUT2D eigenvalue weighted by Gasteiger charge is -2.34. The number of nitrogens with one attached hydrogen (secondary N) is 1. The third-order valence-electron chi connectivity index (χ3n) is 8.79. The molecule has 0 unspecified atom stereocenters. The third-order valence-corrected chi connectivity index (χ3v) is 8.79. The first-order chi connectivity index (χ1) is 21.2. The van der Waals surface area contributed by atoms with Crippen molar-refractivity contribution in [3.05, 3.63) is 83.7 Å². The fourth-order valence-electron chi connectivity index (χ4n) is 6.01. The van der Waals surface area contributed by atoms with Gasteiger partial charge in [0.05, 0.1) is 5.69 Å². The number of hydrogen-bond donors (Lipinski definition) is 2. The maximum absolute atomic E-state index is 12.9. The van der Waals surface area contributed by atoms with Crippen LogP contribution in [0.3, 0.4) is 0 Å². The topological polar surface area (TPSA) is 93.9 Å². The van der Waals surface area contributed by atoms with Crippen molar-refractivity contribution in [3.63, 3.8) is 0 Å². The number of aromatic amines is 1. The van der Waals surface area contributed by atoms with Gasteiger partial charge in [-0.15, -0.1) is 0 Å². The number of aromatic nitrogens is 2. The van der Waals surface area contributed by atoms with E-state index in [0.29, 0.717) is 0 Å². The Kier molecular flexibility index (Phi) is 9.01. The molecule has 1 fully saturated rings. The van der Waals surface area contributed by atoms with Gasteiger partial charge in [0, 0.05) is 91.8 Å². The summed E-state index contributed by atoms with van der Waals surface area (Å²) in [7, 11) is 5.76. The molecule has 1 aliphatic heterocycles. The van der Waals surface area contributed by atoms with Gasteiger partial charge in [-0.3, -0.25) is 9.79 Å². The maximum atomic E-state index is 12.9. The molecule has 4 aromatic rings. The minimum absolute atomic E-state index is 0.0708. The molecule has 2 aromatic heterocycles. The fourth-order valence-corrected chi connectivity index (χ4v) is 6.01. The Morgan fingerprint density at radius 2 is 1.75 bits per heavy atom. The van der Waals surface area contributed by atoms with Crippen LogP contribution in [0.5, 0.6) is 0 Å². The zero-order valence-corrected chi connectivity index (χ0v) is 26.9. The summed E-state index contributed by atoms with van der Waals surface area (Å²) in [5, 5.41) is 1.01. The molecule has 44 heavy (non-hydrogen) atoms. The number of hydrogen-bond acceptors (Lipinski definition) is 6. The summed E-state index contributed by atoms with van der Waals surface area (Å²) < 4.78 is 0. The second kappa shape index (κ2) is 12.9. The molecule has 0 aliphatic carbocycles. The Morgan fingerprint density at radius 1 is 1.07 bits per heavy atom. The predicted molar refractivity (Wildman–Crippen MR) is 186 cm³/mol. The van der Waals surface area contributed by atoms with Crippen LogP contribution in [0.15, 0.2) is 72.0 Å². The number of H-pyrrole nitrogens is 1. The molecule has 8 heteroatoms. The highest BCUT2D eigenvalue weighted by Crippen LogP contribution is 2.42. The number of allylic oxidation sites excluding steroid dienone is 2. The number of anilines is 2. The van der Waals surface area contributed by atoms with Gasteiger partial charge in [0.25, 0.3) is 0 Å². The minimum Gasteiger partial charge on any atom is -0.404 e. The van der Waals surface area contributed by atoms with Crippen molar-refractivity contribution in [2.24, 2.45) is 10.7 Å². The summed E-state index contributed by atoms with van der Waals surface area (Å²) >= 11 is 0. The second-order valence-electron chi connectivity index (χ2n) is 11.5. The van der Waals surface area contributed by atoms with E-state index in [4.69, 9.17) is 10.7 Å². The number of pyridine rings is 1. The number of piperazine rings is 1. The van der Waals surface area contributed by atoms with E-state index in [9.17, 15) is 4.79 Å². The number of aryl methyl sites for hydroxylation is 2. The number of fused-ring (bicyclic) bond motifs is 1. The molecule has 3 heterocycles. The highest BCUT2D eigenvalue weighted by molar-refractivity contribution is 6.23. The summed E-state index contributed by atoms with van der Waals surface area (Å²) in [5.41, 5.74) is 17.8. The van der Waals surface area contributed by atoms with E-state index in [1.165, 1.54) is 5.69 Å². The van der Waals surface area contributed by atoms with E-state index in [0.717, 1.165) is 93.3 Å². The average Bonchev–Trinajstić information content (AvgIpc) is 3.43. The maximum Gasteiger partial charge on any atom is 0.250 e. The normalized spacial score (nSPS) is 15.0. The number of likely N-dealkylation sites (N-methyl/N-ethyl adjacent to an activating group) is 2. The van der Waals surface area contributed by atoms with Gasteiger partial charge in [-0.2, -0.15) is 0 Å². The molecular weight excluding hydrogens is 546 g/mol. The number of nitrogens with two attached hydrogens (primary N) is 1. The number of carbonyl (C=O) groups excluding carboxylic acids is 1. The van der Waals surface area contributed by atoms with E-state index in [1.807, 2.05) is 34.0 Å². The van der Waals surface area contributed by atoms with Gasteiger partial charge in [-0.05, 0) is 81.3 Å². The second-order valence-corrected chi connectivity index (χ2v) is 11.5. The molecule has 5 rings (SSSR count). The van der Waals surface area contributed by atoms with E-state index in [1.54, 1.807) is 30.3 Å². The Labute approximate surface area is 260 Å². The first kappa shape index (κ1) is 30.8. The highest BCUT2D eigenvalue weighted by Gasteiger charge is 2.23. The molecule has 3 N–H and O–H groups in total. The Hall–Kier alpha value is -4.69. The van der Waals surface area contributed by atoms with Crippen LogP contribution in [0.4, 0.5) is 11.4 Å². The zero-order valence-electron chi connectivity index (χ0n) is 26.9. The Morgan fingerprint density at radius 3 is 2.39 bits per heavy atom. The highest BCUT2D eigenvalue weighted by atomic mass is 16.2. The van der Waals surface area contributed by atoms with Crippen LogP contribution in [0, 0.1) is 13.8 Å². The number of benzene rings is 2. The number of rotatable bonds is 7. The molecule has 0 spiro atoms. The van der Waals surface area contributed by atoms with E-state index < -0.39 is 0 Å².